The van der Waals surface area contributed by atoms with Gasteiger partial charge in [-0.3, -0.25) is 4.98 Å². The summed E-state index contributed by atoms with van der Waals surface area (Å²) in [6.45, 7) is 4.16. The molecule has 2 N–H and O–H groups in total. The smallest absolute Gasteiger partial charge is 0.161 e. The fourth-order valence-electron chi connectivity index (χ4n) is 4.02. The molecule has 4 heterocycles. The van der Waals surface area contributed by atoms with Gasteiger partial charge in [0.2, 0.25) is 0 Å². The van der Waals surface area contributed by atoms with Gasteiger partial charge in [0, 0.05) is 49.1 Å². The van der Waals surface area contributed by atoms with Crippen molar-refractivity contribution in [3.8, 4) is 11.4 Å². The SMILES string of the molecule is CN1CCCC1CCNc1nc(-c2ccncc2)nc2c1CCNCC2. The molecule has 0 bridgehead atoms. The maximum Gasteiger partial charge on any atom is 0.161 e. The van der Waals surface area contributed by atoms with Crippen molar-refractivity contribution in [3.63, 3.8) is 0 Å². The summed E-state index contributed by atoms with van der Waals surface area (Å²) in [5.41, 5.74) is 3.49. The summed E-state index contributed by atoms with van der Waals surface area (Å²) in [6, 6.07) is 4.66. The van der Waals surface area contributed by atoms with Crippen LogP contribution < -0.4 is 10.6 Å². The maximum atomic E-state index is 4.89. The molecule has 2 aromatic heterocycles. The molecule has 1 saturated heterocycles. The van der Waals surface area contributed by atoms with Crippen molar-refractivity contribution in [1.82, 2.24) is 25.2 Å². The van der Waals surface area contributed by atoms with Gasteiger partial charge in [0.25, 0.3) is 0 Å². The van der Waals surface area contributed by atoms with E-state index in [4.69, 9.17) is 9.97 Å². The largest absolute Gasteiger partial charge is 0.370 e. The van der Waals surface area contributed by atoms with Crippen LogP contribution in [0.15, 0.2) is 24.5 Å². The molecule has 4 rings (SSSR count). The zero-order valence-corrected chi connectivity index (χ0v) is 15.5. The van der Waals surface area contributed by atoms with Crippen LogP contribution in [0.1, 0.15) is 30.5 Å². The van der Waals surface area contributed by atoms with Gasteiger partial charge < -0.3 is 15.5 Å². The Kier molecular flexibility index (Phi) is 5.41. The van der Waals surface area contributed by atoms with Gasteiger partial charge in [-0.2, -0.15) is 0 Å². The van der Waals surface area contributed by atoms with Crippen LogP contribution in [0.5, 0.6) is 0 Å². The summed E-state index contributed by atoms with van der Waals surface area (Å²) in [5, 5.41) is 7.11. The Morgan fingerprint density at radius 1 is 1.19 bits per heavy atom. The van der Waals surface area contributed by atoms with E-state index in [1.165, 1.54) is 30.6 Å². The Labute approximate surface area is 155 Å². The minimum Gasteiger partial charge on any atom is -0.370 e. The van der Waals surface area contributed by atoms with Crippen molar-refractivity contribution in [2.24, 2.45) is 0 Å². The molecule has 26 heavy (non-hydrogen) atoms. The van der Waals surface area contributed by atoms with Gasteiger partial charge in [0.15, 0.2) is 5.82 Å². The summed E-state index contributed by atoms with van der Waals surface area (Å²) in [7, 11) is 2.24. The lowest BCUT2D eigenvalue weighted by atomic mass is 10.1. The van der Waals surface area contributed by atoms with Crippen LogP contribution in [0.4, 0.5) is 5.82 Å². The van der Waals surface area contributed by atoms with Crippen LogP contribution in [0.2, 0.25) is 0 Å². The predicted octanol–water partition coefficient (Wildman–Crippen LogP) is 2.12. The van der Waals surface area contributed by atoms with E-state index in [0.29, 0.717) is 6.04 Å². The summed E-state index contributed by atoms with van der Waals surface area (Å²) < 4.78 is 0. The fraction of sp³-hybridized carbons (Fsp3) is 0.550. The highest BCUT2D eigenvalue weighted by molar-refractivity contribution is 5.59. The van der Waals surface area contributed by atoms with Crippen LogP contribution in [0.25, 0.3) is 11.4 Å². The summed E-state index contributed by atoms with van der Waals surface area (Å²) in [5.74, 6) is 1.82. The van der Waals surface area contributed by atoms with E-state index >= 15 is 0 Å². The zero-order valence-electron chi connectivity index (χ0n) is 15.5. The molecular weight excluding hydrogens is 324 g/mol. The number of aromatic nitrogens is 3. The zero-order chi connectivity index (χ0) is 17.8. The normalized spacial score (nSPS) is 20.6. The third-order valence-corrected chi connectivity index (χ3v) is 5.56. The molecule has 1 fully saturated rings. The Morgan fingerprint density at radius 2 is 2.04 bits per heavy atom. The van der Waals surface area contributed by atoms with Gasteiger partial charge in [-0.05, 0) is 58.0 Å². The Balaban J connectivity index is 1.57. The first-order chi connectivity index (χ1) is 12.8. The summed E-state index contributed by atoms with van der Waals surface area (Å²) >= 11 is 0. The summed E-state index contributed by atoms with van der Waals surface area (Å²) in [6.07, 6.45) is 9.34. The topological polar surface area (TPSA) is 66.0 Å². The molecule has 1 unspecified atom stereocenters. The van der Waals surface area contributed by atoms with E-state index in [1.807, 2.05) is 12.1 Å². The van der Waals surface area contributed by atoms with E-state index in [1.54, 1.807) is 12.4 Å². The van der Waals surface area contributed by atoms with E-state index in [2.05, 4.69) is 27.6 Å². The average molecular weight is 352 g/mol. The van der Waals surface area contributed by atoms with Crippen LogP contribution in [0, 0.1) is 0 Å². The number of rotatable bonds is 5. The van der Waals surface area contributed by atoms with E-state index < -0.39 is 0 Å². The van der Waals surface area contributed by atoms with Crippen LogP contribution >= 0.6 is 0 Å². The second-order valence-electron chi connectivity index (χ2n) is 7.30. The quantitative estimate of drug-likeness (QED) is 0.859. The lowest BCUT2D eigenvalue weighted by Crippen LogP contribution is -2.27. The number of nitrogens with zero attached hydrogens (tertiary/aromatic N) is 4. The molecule has 2 aliphatic rings. The lowest BCUT2D eigenvalue weighted by Gasteiger charge is -2.20. The molecule has 1 atom stereocenters. The van der Waals surface area contributed by atoms with Gasteiger partial charge in [0.05, 0.1) is 5.69 Å². The van der Waals surface area contributed by atoms with Crippen molar-refractivity contribution in [2.45, 2.75) is 38.1 Å². The molecule has 6 nitrogen and oxygen atoms in total. The Hall–Kier alpha value is -2.05. The first-order valence-corrected chi connectivity index (χ1v) is 9.76. The second-order valence-corrected chi connectivity index (χ2v) is 7.30. The lowest BCUT2D eigenvalue weighted by molar-refractivity contribution is 0.301. The van der Waals surface area contributed by atoms with E-state index in [0.717, 1.165) is 56.1 Å². The highest BCUT2D eigenvalue weighted by atomic mass is 15.1. The third kappa shape index (κ3) is 3.86. The second kappa shape index (κ2) is 8.10. The predicted molar refractivity (Wildman–Crippen MR) is 104 cm³/mol. The van der Waals surface area contributed by atoms with Gasteiger partial charge >= 0.3 is 0 Å². The third-order valence-electron chi connectivity index (χ3n) is 5.56. The minimum atomic E-state index is 0.698. The summed E-state index contributed by atoms with van der Waals surface area (Å²) in [4.78, 5) is 16.4. The molecule has 0 radical (unpaired) electrons. The number of hydrogen-bond donors (Lipinski definition) is 2. The number of likely N-dealkylation sites (tertiary alicyclic amines) is 1. The molecular formula is C20H28N6. The molecule has 0 aromatic carbocycles. The average Bonchev–Trinajstić information content (AvgIpc) is 2.93. The van der Waals surface area contributed by atoms with Crippen molar-refractivity contribution >= 4 is 5.82 Å². The Bertz CT molecular complexity index is 733. The monoisotopic (exact) mass is 352 g/mol. The maximum absolute atomic E-state index is 4.89. The van der Waals surface area contributed by atoms with Gasteiger partial charge in [-0.15, -0.1) is 0 Å². The van der Waals surface area contributed by atoms with Crippen LogP contribution in [-0.4, -0.2) is 59.1 Å². The van der Waals surface area contributed by atoms with Gasteiger partial charge in [-0.25, -0.2) is 9.97 Å². The van der Waals surface area contributed by atoms with E-state index in [9.17, 15) is 0 Å². The van der Waals surface area contributed by atoms with Crippen molar-refractivity contribution in [1.29, 1.82) is 0 Å². The molecule has 6 heteroatoms. The molecule has 0 saturated carbocycles. The van der Waals surface area contributed by atoms with Crippen molar-refractivity contribution in [3.05, 3.63) is 35.8 Å². The number of pyridine rings is 1. The minimum absolute atomic E-state index is 0.698. The number of fused-ring (bicyclic) bond motifs is 1. The highest BCUT2D eigenvalue weighted by Gasteiger charge is 2.21. The number of nitrogens with one attached hydrogen (secondary N) is 2. The van der Waals surface area contributed by atoms with Crippen molar-refractivity contribution in [2.75, 3.05) is 38.5 Å². The number of hydrogen-bond acceptors (Lipinski definition) is 6. The van der Waals surface area contributed by atoms with E-state index in [-0.39, 0.29) is 0 Å². The fourth-order valence-corrected chi connectivity index (χ4v) is 4.02. The van der Waals surface area contributed by atoms with Crippen LogP contribution in [0.3, 0.4) is 0 Å². The van der Waals surface area contributed by atoms with Gasteiger partial charge in [0.1, 0.15) is 5.82 Å². The molecule has 0 spiro atoms. The van der Waals surface area contributed by atoms with Crippen molar-refractivity contribution < 1.29 is 0 Å². The molecule has 0 aliphatic carbocycles. The molecule has 2 aliphatic heterocycles. The number of anilines is 1. The highest BCUT2D eigenvalue weighted by Crippen LogP contribution is 2.25. The molecule has 138 valence electrons. The van der Waals surface area contributed by atoms with Gasteiger partial charge in [-0.1, -0.05) is 0 Å². The molecule has 0 amide bonds. The Morgan fingerprint density at radius 3 is 2.85 bits per heavy atom. The first kappa shape index (κ1) is 17.4. The van der Waals surface area contributed by atoms with Crippen LogP contribution in [-0.2, 0) is 12.8 Å². The standard InChI is InChI=1S/C20H28N6/c1-26-14-2-3-16(26)6-13-23-20-17-7-11-22-12-8-18(17)24-19(25-20)15-4-9-21-10-5-15/h4-5,9-10,16,22H,2-3,6-8,11-14H2,1H3,(H,23,24,25). The molecule has 2 aromatic rings. The first-order valence-electron chi connectivity index (χ1n) is 9.76.